The summed E-state index contributed by atoms with van der Waals surface area (Å²) in [6.45, 7) is 1.76. The molecule has 1 N–H and O–H groups in total. The summed E-state index contributed by atoms with van der Waals surface area (Å²) < 4.78 is 24.6. The smallest absolute Gasteiger partial charge is 0.213 e. The predicted molar refractivity (Wildman–Crippen MR) is 71.3 cm³/mol. The average Bonchev–Trinajstić information content (AvgIpc) is 2.36. The molecule has 0 heterocycles. The second-order valence-electron chi connectivity index (χ2n) is 3.82. The SMILES string of the molecule is CCS(=O)(=O)N(C)Cc1cccc(C#CCO)c1. The second-order valence-corrected chi connectivity index (χ2v) is 6.18. The lowest BCUT2D eigenvalue weighted by molar-refractivity contribution is 0.350. The molecule has 1 aromatic rings. The third kappa shape index (κ3) is 4.15. The Morgan fingerprint density at radius 3 is 2.72 bits per heavy atom. The minimum atomic E-state index is -3.17. The monoisotopic (exact) mass is 267 g/mol. The Balaban J connectivity index is 2.86. The summed E-state index contributed by atoms with van der Waals surface area (Å²) in [6.07, 6.45) is 0. The van der Waals surface area contributed by atoms with Crippen LogP contribution in [0, 0.1) is 11.8 Å². The van der Waals surface area contributed by atoms with E-state index in [0.29, 0.717) is 6.54 Å². The molecule has 0 spiro atoms. The molecular weight excluding hydrogens is 250 g/mol. The fourth-order valence-electron chi connectivity index (χ4n) is 1.46. The molecule has 0 saturated carbocycles. The van der Waals surface area contributed by atoms with Gasteiger partial charge >= 0.3 is 0 Å². The van der Waals surface area contributed by atoms with E-state index in [4.69, 9.17) is 5.11 Å². The van der Waals surface area contributed by atoms with Gasteiger partial charge in [-0.15, -0.1) is 0 Å². The number of hydrogen-bond acceptors (Lipinski definition) is 3. The van der Waals surface area contributed by atoms with Gasteiger partial charge in [-0.05, 0) is 24.6 Å². The number of hydrogen-bond donors (Lipinski definition) is 1. The first-order valence-electron chi connectivity index (χ1n) is 5.62. The molecule has 0 aromatic heterocycles. The summed E-state index contributed by atoms with van der Waals surface area (Å²) in [5.74, 6) is 5.44. The van der Waals surface area contributed by atoms with Crippen LogP contribution in [0.5, 0.6) is 0 Å². The standard InChI is InChI=1S/C13H17NO3S/c1-3-18(16,17)14(2)11-13-7-4-6-12(10-13)8-5-9-15/h4,6-7,10,15H,3,9,11H2,1-2H3. The quantitative estimate of drug-likeness (QED) is 0.821. The van der Waals surface area contributed by atoms with E-state index in [1.165, 1.54) is 4.31 Å². The zero-order valence-electron chi connectivity index (χ0n) is 10.5. The Morgan fingerprint density at radius 2 is 2.11 bits per heavy atom. The van der Waals surface area contributed by atoms with Gasteiger partial charge in [-0.25, -0.2) is 12.7 Å². The van der Waals surface area contributed by atoms with E-state index in [-0.39, 0.29) is 12.4 Å². The molecule has 0 fully saturated rings. The van der Waals surface area contributed by atoms with Crippen molar-refractivity contribution in [1.29, 1.82) is 0 Å². The maximum atomic E-state index is 11.6. The van der Waals surface area contributed by atoms with Gasteiger partial charge < -0.3 is 5.11 Å². The van der Waals surface area contributed by atoms with Crippen LogP contribution in [0.2, 0.25) is 0 Å². The van der Waals surface area contributed by atoms with Crippen molar-refractivity contribution in [2.24, 2.45) is 0 Å². The van der Waals surface area contributed by atoms with Gasteiger partial charge in [0, 0.05) is 19.2 Å². The predicted octanol–water partition coefficient (Wildman–Crippen LogP) is 0.812. The van der Waals surface area contributed by atoms with Crippen LogP contribution in [0.15, 0.2) is 24.3 Å². The van der Waals surface area contributed by atoms with Crippen LogP contribution in [-0.2, 0) is 16.6 Å². The van der Waals surface area contributed by atoms with E-state index in [0.717, 1.165) is 11.1 Å². The largest absolute Gasteiger partial charge is 0.384 e. The Kier molecular flexibility index (Phi) is 5.35. The van der Waals surface area contributed by atoms with Crippen molar-refractivity contribution < 1.29 is 13.5 Å². The van der Waals surface area contributed by atoms with Crippen molar-refractivity contribution in [1.82, 2.24) is 4.31 Å². The van der Waals surface area contributed by atoms with Crippen LogP contribution in [0.1, 0.15) is 18.1 Å². The van der Waals surface area contributed by atoms with Crippen LogP contribution in [-0.4, -0.2) is 37.2 Å². The highest BCUT2D eigenvalue weighted by Crippen LogP contribution is 2.09. The number of sulfonamides is 1. The topological polar surface area (TPSA) is 57.6 Å². The van der Waals surface area contributed by atoms with Crippen LogP contribution in [0.4, 0.5) is 0 Å². The molecule has 0 aliphatic rings. The maximum Gasteiger partial charge on any atom is 0.213 e. The van der Waals surface area contributed by atoms with Crippen molar-refractivity contribution in [2.45, 2.75) is 13.5 Å². The third-order valence-corrected chi connectivity index (χ3v) is 4.29. The lowest BCUT2D eigenvalue weighted by Crippen LogP contribution is -2.27. The van der Waals surface area contributed by atoms with Gasteiger partial charge in [0.15, 0.2) is 0 Å². The van der Waals surface area contributed by atoms with Crippen molar-refractivity contribution in [3.8, 4) is 11.8 Å². The Hall–Kier alpha value is -1.35. The van der Waals surface area contributed by atoms with Gasteiger partial charge in [0.25, 0.3) is 0 Å². The molecule has 0 unspecified atom stereocenters. The summed E-state index contributed by atoms with van der Waals surface area (Å²) in [7, 11) is -1.61. The molecule has 4 nitrogen and oxygen atoms in total. The lowest BCUT2D eigenvalue weighted by Gasteiger charge is -2.15. The number of aliphatic hydroxyl groups excluding tert-OH is 1. The molecule has 0 amide bonds. The van der Waals surface area contributed by atoms with Crippen LogP contribution in [0.3, 0.4) is 0 Å². The van der Waals surface area contributed by atoms with E-state index >= 15 is 0 Å². The Labute approximate surface area is 108 Å². The minimum absolute atomic E-state index is 0.0908. The molecule has 0 saturated heterocycles. The molecule has 0 atom stereocenters. The van der Waals surface area contributed by atoms with Gasteiger partial charge in [0.05, 0.1) is 5.75 Å². The molecule has 5 heteroatoms. The van der Waals surface area contributed by atoms with E-state index in [1.54, 1.807) is 14.0 Å². The van der Waals surface area contributed by atoms with Gasteiger partial charge in [0.1, 0.15) is 6.61 Å². The van der Waals surface area contributed by atoms with Gasteiger partial charge in [-0.1, -0.05) is 24.0 Å². The highest BCUT2D eigenvalue weighted by molar-refractivity contribution is 7.89. The molecule has 0 aliphatic heterocycles. The van der Waals surface area contributed by atoms with Crippen molar-refractivity contribution in [3.63, 3.8) is 0 Å². The maximum absolute atomic E-state index is 11.6. The number of rotatable bonds is 4. The van der Waals surface area contributed by atoms with Crippen LogP contribution >= 0.6 is 0 Å². The molecule has 0 bridgehead atoms. The summed E-state index contributed by atoms with van der Waals surface area (Å²) in [6, 6.07) is 7.32. The molecular formula is C13H17NO3S. The minimum Gasteiger partial charge on any atom is -0.384 e. The first-order valence-corrected chi connectivity index (χ1v) is 7.23. The normalized spacial score (nSPS) is 11.1. The second kappa shape index (κ2) is 6.55. The molecule has 98 valence electrons. The van der Waals surface area contributed by atoms with Gasteiger partial charge in [0.2, 0.25) is 10.0 Å². The van der Waals surface area contributed by atoms with Gasteiger partial charge in [-0.3, -0.25) is 0 Å². The van der Waals surface area contributed by atoms with Crippen LogP contribution in [0.25, 0.3) is 0 Å². The zero-order chi connectivity index (χ0) is 13.6. The van der Waals surface area contributed by atoms with Crippen LogP contribution < -0.4 is 0 Å². The van der Waals surface area contributed by atoms with Crippen molar-refractivity contribution in [2.75, 3.05) is 19.4 Å². The van der Waals surface area contributed by atoms with Crippen molar-refractivity contribution in [3.05, 3.63) is 35.4 Å². The summed E-state index contributed by atoms with van der Waals surface area (Å²) in [4.78, 5) is 0. The zero-order valence-corrected chi connectivity index (χ0v) is 11.4. The number of benzene rings is 1. The molecule has 0 aliphatic carbocycles. The number of nitrogens with zero attached hydrogens (tertiary/aromatic N) is 1. The van der Waals surface area contributed by atoms with E-state index in [9.17, 15) is 8.42 Å². The average molecular weight is 267 g/mol. The third-order valence-electron chi connectivity index (χ3n) is 2.48. The number of aliphatic hydroxyl groups is 1. The summed E-state index contributed by atoms with van der Waals surface area (Å²) in [5, 5.41) is 8.62. The summed E-state index contributed by atoms with van der Waals surface area (Å²) >= 11 is 0. The van der Waals surface area contributed by atoms with Gasteiger partial charge in [-0.2, -0.15) is 0 Å². The Morgan fingerprint density at radius 1 is 1.39 bits per heavy atom. The highest BCUT2D eigenvalue weighted by atomic mass is 32.2. The van der Waals surface area contributed by atoms with E-state index < -0.39 is 10.0 Å². The lowest BCUT2D eigenvalue weighted by atomic mass is 10.1. The van der Waals surface area contributed by atoms with E-state index in [2.05, 4.69) is 11.8 Å². The fourth-order valence-corrected chi connectivity index (χ4v) is 2.25. The molecule has 18 heavy (non-hydrogen) atoms. The molecule has 1 rings (SSSR count). The highest BCUT2D eigenvalue weighted by Gasteiger charge is 2.14. The van der Waals surface area contributed by atoms with E-state index in [1.807, 2.05) is 24.3 Å². The Bertz CT molecular complexity index is 555. The molecule has 0 radical (unpaired) electrons. The molecule has 1 aromatic carbocycles. The first-order chi connectivity index (χ1) is 8.49. The van der Waals surface area contributed by atoms with Crippen molar-refractivity contribution >= 4 is 10.0 Å². The fraction of sp³-hybridized carbons (Fsp3) is 0.385. The summed E-state index contributed by atoms with van der Waals surface area (Å²) in [5.41, 5.74) is 1.64. The first kappa shape index (κ1) is 14.7.